The molecule has 0 aromatic heterocycles. The average Bonchev–Trinajstić information content (AvgIpc) is 3.26. The zero-order valence-electron chi connectivity index (χ0n) is 18.4. The number of aromatic hydroxyl groups is 1. The van der Waals surface area contributed by atoms with Crippen LogP contribution in [0.2, 0.25) is 0 Å². The van der Waals surface area contributed by atoms with E-state index in [4.69, 9.17) is 5.73 Å². The van der Waals surface area contributed by atoms with Crippen molar-refractivity contribution in [3.8, 4) is 5.75 Å². The highest BCUT2D eigenvalue weighted by Crippen LogP contribution is 2.20. The van der Waals surface area contributed by atoms with Crippen LogP contribution in [0.25, 0.3) is 0 Å². The first-order valence-electron chi connectivity index (χ1n) is 10.8. The number of carbonyl (C=O) groups excluding carboxylic acids is 3. The van der Waals surface area contributed by atoms with Crippen LogP contribution in [0.4, 0.5) is 0 Å². The predicted octanol–water partition coefficient (Wildman–Crippen LogP) is -0.0153. The van der Waals surface area contributed by atoms with Gasteiger partial charge in [0.05, 0.1) is 12.6 Å². The minimum Gasteiger partial charge on any atom is -0.508 e. The molecule has 0 radical (unpaired) electrons. The Labute approximate surface area is 187 Å². The van der Waals surface area contributed by atoms with Gasteiger partial charge in [-0.15, -0.1) is 0 Å². The summed E-state index contributed by atoms with van der Waals surface area (Å²) in [7, 11) is 0. The van der Waals surface area contributed by atoms with Gasteiger partial charge in [0.25, 0.3) is 0 Å². The fourth-order valence-electron chi connectivity index (χ4n) is 3.59. The first-order valence-corrected chi connectivity index (χ1v) is 10.8. The number of rotatable bonds is 10. The standard InChI is InChI=1S/C22H32N4O6/c1-3-13(2)19(23)21(30)26-10-4-5-17(26)20(29)24-12-18(28)25-16(22(31)32)11-14-6-8-15(27)9-7-14/h6-9,13,16-17,19,27H,3-5,10-12,23H2,1-2H3,(H,24,29)(H,25,28)(H,31,32). The number of carbonyl (C=O) groups is 4. The lowest BCUT2D eigenvalue weighted by molar-refractivity contribution is -0.142. The second-order valence-electron chi connectivity index (χ2n) is 8.15. The SMILES string of the molecule is CCC(C)C(N)C(=O)N1CCCC1C(=O)NCC(=O)NC(Cc1ccc(O)cc1)C(=O)O. The molecule has 1 aliphatic heterocycles. The summed E-state index contributed by atoms with van der Waals surface area (Å²) in [5.74, 6) is -2.58. The van der Waals surface area contributed by atoms with Gasteiger partial charge in [-0.2, -0.15) is 0 Å². The third-order valence-electron chi connectivity index (χ3n) is 5.81. The van der Waals surface area contributed by atoms with Crippen LogP contribution >= 0.6 is 0 Å². The topological polar surface area (TPSA) is 162 Å². The average molecular weight is 449 g/mol. The molecule has 0 spiro atoms. The summed E-state index contributed by atoms with van der Waals surface area (Å²) in [5, 5.41) is 23.6. The van der Waals surface area contributed by atoms with E-state index in [0.717, 1.165) is 6.42 Å². The fraction of sp³-hybridized carbons (Fsp3) is 0.545. The molecule has 10 heteroatoms. The Bertz CT molecular complexity index is 828. The molecule has 0 bridgehead atoms. The molecule has 1 aliphatic rings. The lowest BCUT2D eigenvalue weighted by Crippen LogP contribution is -2.54. The molecule has 4 unspecified atom stereocenters. The zero-order valence-corrected chi connectivity index (χ0v) is 18.4. The van der Waals surface area contributed by atoms with Crippen molar-refractivity contribution >= 4 is 23.7 Å². The van der Waals surface area contributed by atoms with Crippen LogP contribution in [-0.4, -0.2) is 70.0 Å². The number of phenols is 1. The Kier molecular flexibility index (Phi) is 9.01. The van der Waals surface area contributed by atoms with Gasteiger partial charge >= 0.3 is 5.97 Å². The molecule has 0 saturated carbocycles. The number of nitrogens with one attached hydrogen (secondary N) is 2. The number of aliphatic carboxylic acids is 1. The second-order valence-corrected chi connectivity index (χ2v) is 8.15. The van der Waals surface area contributed by atoms with E-state index in [1.807, 2.05) is 13.8 Å². The maximum atomic E-state index is 12.7. The highest BCUT2D eigenvalue weighted by molar-refractivity contribution is 5.93. The van der Waals surface area contributed by atoms with E-state index >= 15 is 0 Å². The summed E-state index contributed by atoms with van der Waals surface area (Å²) in [6.07, 6.45) is 1.91. The third kappa shape index (κ3) is 6.68. The van der Waals surface area contributed by atoms with Gasteiger partial charge in [-0.1, -0.05) is 32.4 Å². The molecule has 1 saturated heterocycles. The number of nitrogens with zero attached hydrogens (tertiary/aromatic N) is 1. The van der Waals surface area contributed by atoms with Crippen LogP contribution in [0.5, 0.6) is 5.75 Å². The Balaban J connectivity index is 1.90. The normalized spacial score (nSPS) is 18.5. The van der Waals surface area contributed by atoms with Gasteiger partial charge in [-0.25, -0.2) is 4.79 Å². The molecular formula is C22H32N4O6. The van der Waals surface area contributed by atoms with Crippen molar-refractivity contribution in [1.82, 2.24) is 15.5 Å². The van der Waals surface area contributed by atoms with Crippen LogP contribution in [0.15, 0.2) is 24.3 Å². The van der Waals surface area contributed by atoms with E-state index in [-0.39, 0.29) is 24.0 Å². The first-order chi connectivity index (χ1) is 15.1. The molecule has 4 atom stereocenters. The molecule has 1 heterocycles. The summed E-state index contributed by atoms with van der Waals surface area (Å²) >= 11 is 0. The van der Waals surface area contributed by atoms with E-state index in [1.165, 1.54) is 17.0 Å². The number of likely N-dealkylation sites (tertiary alicyclic amines) is 1. The van der Waals surface area contributed by atoms with Crippen molar-refractivity contribution < 1.29 is 29.4 Å². The molecule has 3 amide bonds. The molecule has 10 nitrogen and oxygen atoms in total. The van der Waals surface area contributed by atoms with Gasteiger partial charge in [0.15, 0.2) is 0 Å². The van der Waals surface area contributed by atoms with Crippen LogP contribution in [-0.2, 0) is 25.6 Å². The number of hydrogen-bond donors (Lipinski definition) is 5. The van der Waals surface area contributed by atoms with Crippen molar-refractivity contribution in [3.05, 3.63) is 29.8 Å². The minimum absolute atomic E-state index is 0.0147. The van der Waals surface area contributed by atoms with Crippen molar-refractivity contribution in [2.45, 2.75) is 57.7 Å². The number of benzene rings is 1. The molecule has 176 valence electrons. The van der Waals surface area contributed by atoms with Gasteiger partial charge in [-0.3, -0.25) is 14.4 Å². The molecule has 1 fully saturated rings. The number of nitrogens with two attached hydrogens (primary N) is 1. The first kappa shape index (κ1) is 25.1. The Morgan fingerprint density at radius 2 is 1.88 bits per heavy atom. The van der Waals surface area contributed by atoms with E-state index in [2.05, 4.69) is 10.6 Å². The Hall–Kier alpha value is -3.14. The summed E-state index contributed by atoms with van der Waals surface area (Å²) in [6, 6.07) is 3.41. The molecule has 1 aromatic rings. The van der Waals surface area contributed by atoms with E-state index in [9.17, 15) is 29.4 Å². The predicted molar refractivity (Wildman–Crippen MR) is 117 cm³/mol. The maximum Gasteiger partial charge on any atom is 0.326 e. The molecule has 1 aromatic carbocycles. The van der Waals surface area contributed by atoms with Crippen molar-refractivity contribution in [2.75, 3.05) is 13.1 Å². The van der Waals surface area contributed by atoms with Gasteiger partial charge < -0.3 is 31.5 Å². The van der Waals surface area contributed by atoms with E-state index in [1.54, 1.807) is 12.1 Å². The number of amides is 3. The number of carboxylic acid groups (broad SMARTS) is 1. The maximum absolute atomic E-state index is 12.7. The van der Waals surface area contributed by atoms with Gasteiger partial charge in [0.1, 0.15) is 17.8 Å². The zero-order chi connectivity index (χ0) is 23.8. The van der Waals surface area contributed by atoms with Gasteiger partial charge in [0, 0.05) is 13.0 Å². The highest BCUT2D eigenvalue weighted by Gasteiger charge is 2.37. The third-order valence-corrected chi connectivity index (χ3v) is 5.81. The number of hydrogen-bond acceptors (Lipinski definition) is 6. The fourth-order valence-corrected chi connectivity index (χ4v) is 3.59. The molecule has 6 N–H and O–H groups in total. The smallest absolute Gasteiger partial charge is 0.326 e. The van der Waals surface area contributed by atoms with E-state index in [0.29, 0.717) is 24.9 Å². The van der Waals surface area contributed by atoms with Crippen LogP contribution in [0.1, 0.15) is 38.7 Å². The summed E-state index contributed by atoms with van der Waals surface area (Å²) < 4.78 is 0. The molecule has 2 rings (SSSR count). The van der Waals surface area contributed by atoms with E-state index < -0.39 is 42.5 Å². The van der Waals surface area contributed by atoms with Crippen molar-refractivity contribution in [2.24, 2.45) is 11.7 Å². The lowest BCUT2D eigenvalue weighted by atomic mass is 9.98. The number of phenolic OH excluding ortho intramolecular Hbond substituents is 1. The van der Waals surface area contributed by atoms with Gasteiger partial charge in [-0.05, 0) is 36.5 Å². The lowest BCUT2D eigenvalue weighted by Gasteiger charge is -2.28. The number of carboxylic acids is 1. The molecular weight excluding hydrogens is 416 g/mol. The van der Waals surface area contributed by atoms with Crippen LogP contribution in [0.3, 0.4) is 0 Å². The molecule has 32 heavy (non-hydrogen) atoms. The van der Waals surface area contributed by atoms with Gasteiger partial charge in [0.2, 0.25) is 17.7 Å². The minimum atomic E-state index is -1.22. The quantitative estimate of drug-likeness (QED) is 0.336. The Morgan fingerprint density at radius 1 is 1.22 bits per heavy atom. The van der Waals surface area contributed by atoms with Crippen molar-refractivity contribution in [3.63, 3.8) is 0 Å². The van der Waals surface area contributed by atoms with Crippen LogP contribution in [0, 0.1) is 5.92 Å². The van der Waals surface area contributed by atoms with Crippen LogP contribution < -0.4 is 16.4 Å². The second kappa shape index (κ2) is 11.5. The summed E-state index contributed by atoms with van der Waals surface area (Å²) in [6.45, 7) is 3.85. The summed E-state index contributed by atoms with van der Waals surface area (Å²) in [5.41, 5.74) is 6.66. The van der Waals surface area contributed by atoms with Crippen molar-refractivity contribution in [1.29, 1.82) is 0 Å². The highest BCUT2D eigenvalue weighted by atomic mass is 16.4. The monoisotopic (exact) mass is 448 g/mol. The summed E-state index contributed by atoms with van der Waals surface area (Å²) in [4.78, 5) is 50.5. The Morgan fingerprint density at radius 3 is 2.47 bits per heavy atom. The largest absolute Gasteiger partial charge is 0.508 e. The molecule has 0 aliphatic carbocycles.